The molecule has 1 aromatic rings. The molecule has 1 aliphatic carbocycles. The minimum atomic E-state index is 0.740. The molecule has 0 bridgehead atoms. The van der Waals surface area contributed by atoms with Gasteiger partial charge in [-0.15, -0.1) is 0 Å². The van der Waals surface area contributed by atoms with E-state index in [4.69, 9.17) is 12.2 Å². The van der Waals surface area contributed by atoms with Gasteiger partial charge in [0.15, 0.2) is 4.77 Å². The molecule has 0 saturated carbocycles. The van der Waals surface area contributed by atoms with Gasteiger partial charge in [-0.05, 0) is 57.7 Å². The molecule has 1 aliphatic rings. The molecule has 1 unspecified atom stereocenters. The number of nitrogens with one attached hydrogen (secondary N) is 2. The summed E-state index contributed by atoms with van der Waals surface area (Å²) < 4.78 is 0.740. The zero-order valence-electron chi connectivity index (χ0n) is 9.39. The lowest BCUT2D eigenvalue weighted by atomic mass is 9.83. The highest BCUT2D eigenvalue weighted by Crippen LogP contribution is 2.30. The lowest BCUT2D eigenvalue weighted by Crippen LogP contribution is -2.11. The lowest BCUT2D eigenvalue weighted by Gasteiger charge is -2.23. The predicted octanol–water partition coefficient (Wildman–Crippen LogP) is 3.75. The molecule has 2 nitrogen and oxygen atoms in total. The third kappa shape index (κ3) is 2.59. The van der Waals surface area contributed by atoms with Gasteiger partial charge < -0.3 is 9.97 Å². The van der Waals surface area contributed by atoms with Gasteiger partial charge in [-0.1, -0.05) is 11.1 Å². The first-order valence-electron chi connectivity index (χ1n) is 5.57. The van der Waals surface area contributed by atoms with E-state index in [1.807, 2.05) is 6.20 Å². The average Bonchev–Trinajstić information content (AvgIpc) is 2.58. The van der Waals surface area contributed by atoms with Crippen molar-refractivity contribution in [2.75, 3.05) is 0 Å². The Balaban J connectivity index is 2.00. The van der Waals surface area contributed by atoms with Gasteiger partial charge in [0.1, 0.15) is 0 Å². The first kappa shape index (κ1) is 10.7. The van der Waals surface area contributed by atoms with Crippen LogP contribution in [0.25, 0.3) is 0 Å². The Hall–Kier alpha value is -0.830. The van der Waals surface area contributed by atoms with Gasteiger partial charge in [-0.3, -0.25) is 0 Å². The van der Waals surface area contributed by atoms with Crippen molar-refractivity contribution in [1.82, 2.24) is 9.97 Å². The molecule has 0 aromatic carbocycles. The highest BCUT2D eigenvalue weighted by Gasteiger charge is 2.17. The van der Waals surface area contributed by atoms with Crippen LogP contribution in [0.15, 0.2) is 17.3 Å². The van der Waals surface area contributed by atoms with Crippen molar-refractivity contribution in [2.24, 2.45) is 5.92 Å². The standard InChI is InChI=1S/C12H18N2S/c1-8-3-4-10(5-9(8)2)6-11-7-13-12(15)14-11/h7,10H,3-6H2,1-2H3,(H2,13,14,15). The van der Waals surface area contributed by atoms with Crippen molar-refractivity contribution < 1.29 is 0 Å². The van der Waals surface area contributed by atoms with E-state index in [1.165, 1.54) is 25.0 Å². The molecule has 0 saturated heterocycles. The summed E-state index contributed by atoms with van der Waals surface area (Å²) in [4.78, 5) is 6.22. The highest BCUT2D eigenvalue weighted by molar-refractivity contribution is 7.71. The summed E-state index contributed by atoms with van der Waals surface area (Å²) >= 11 is 5.02. The first-order chi connectivity index (χ1) is 7.15. The SMILES string of the molecule is CC1=C(C)CC(Cc2c[nH]c(=S)[nH]2)CC1. The second-order valence-corrected chi connectivity index (χ2v) is 5.05. The van der Waals surface area contributed by atoms with E-state index in [1.54, 1.807) is 11.1 Å². The monoisotopic (exact) mass is 222 g/mol. The summed E-state index contributed by atoms with van der Waals surface area (Å²) in [5.74, 6) is 0.787. The molecule has 15 heavy (non-hydrogen) atoms. The van der Waals surface area contributed by atoms with E-state index >= 15 is 0 Å². The van der Waals surface area contributed by atoms with Crippen LogP contribution in [0.5, 0.6) is 0 Å². The largest absolute Gasteiger partial charge is 0.337 e. The summed E-state index contributed by atoms with van der Waals surface area (Å²) in [5, 5.41) is 0. The van der Waals surface area contributed by atoms with Crippen LogP contribution in [0.1, 0.15) is 38.8 Å². The molecule has 0 spiro atoms. The van der Waals surface area contributed by atoms with Crippen LogP contribution < -0.4 is 0 Å². The van der Waals surface area contributed by atoms with Crippen molar-refractivity contribution in [3.63, 3.8) is 0 Å². The zero-order valence-corrected chi connectivity index (χ0v) is 10.2. The van der Waals surface area contributed by atoms with Crippen LogP contribution in [-0.4, -0.2) is 9.97 Å². The molecule has 0 radical (unpaired) electrons. The number of hydrogen-bond donors (Lipinski definition) is 2. The van der Waals surface area contributed by atoms with E-state index in [0.29, 0.717) is 0 Å². The van der Waals surface area contributed by atoms with Gasteiger partial charge >= 0.3 is 0 Å². The topological polar surface area (TPSA) is 31.6 Å². The maximum Gasteiger partial charge on any atom is 0.174 e. The maximum absolute atomic E-state index is 5.02. The molecule has 3 heteroatoms. The molecule has 1 aromatic heterocycles. The van der Waals surface area contributed by atoms with Crippen LogP contribution in [0.2, 0.25) is 0 Å². The summed E-state index contributed by atoms with van der Waals surface area (Å²) in [6.07, 6.45) is 6.95. The molecular formula is C12H18N2S. The Morgan fingerprint density at radius 2 is 2.20 bits per heavy atom. The Labute approximate surface area is 95.8 Å². The fourth-order valence-corrected chi connectivity index (χ4v) is 2.50. The first-order valence-corrected chi connectivity index (χ1v) is 5.98. The van der Waals surface area contributed by atoms with E-state index < -0.39 is 0 Å². The van der Waals surface area contributed by atoms with E-state index in [9.17, 15) is 0 Å². The van der Waals surface area contributed by atoms with Crippen molar-refractivity contribution in [2.45, 2.75) is 39.5 Å². The molecule has 82 valence electrons. The Bertz CT molecular complexity index is 425. The van der Waals surface area contributed by atoms with E-state index in [-0.39, 0.29) is 0 Å². The zero-order chi connectivity index (χ0) is 10.8. The highest BCUT2D eigenvalue weighted by atomic mass is 32.1. The number of rotatable bonds is 2. The quantitative estimate of drug-likeness (QED) is 0.579. The van der Waals surface area contributed by atoms with Gasteiger partial charge in [0.2, 0.25) is 0 Å². The van der Waals surface area contributed by atoms with Crippen molar-refractivity contribution in [3.8, 4) is 0 Å². The Morgan fingerprint density at radius 1 is 1.40 bits per heavy atom. The number of allylic oxidation sites excluding steroid dienone is 2. The fraction of sp³-hybridized carbons (Fsp3) is 0.583. The van der Waals surface area contributed by atoms with Crippen LogP contribution in [-0.2, 0) is 6.42 Å². The van der Waals surface area contributed by atoms with Crippen molar-refractivity contribution in [1.29, 1.82) is 0 Å². The second kappa shape index (κ2) is 4.35. The number of hydrogen-bond acceptors (Lipinski definition) is 1. The maximum atomic E-state index is 5.02. The van der Waals surface area contributed by atoms with E-state index in [0.717, 1.165) is 17.1 Å². The summed E-state index contributed by atoms with van der Waals surface area (Å²) in [7, 11) is 0. The van der Waals surface area contributed by atoms with Gasteiger partial charge in [-0.2, -0.15) is 0 Å². The minimum absolute atomic E-state index is 0.740. The molecule has 2 N–H and O–H groups in total. The third-order valence-corrected chi connectivity index (χ3v) is 3.63. The van der Waals surface area contributed by atoms with Gasteiger partial charge in [0.25, 0.3) is 0 Å². The molecule has 1 atom stereocenters. The summed E-state index contributed by atoms with van der Waals surface area (Å²) in [6.45, 7) is 4.52. The normalized spacial score (nSPS) is 22.1. The molecule has 0 amide bonds. The van der Waals surface area contributed by atoms with Gasteiger partial charge in [0.05, 0.1) is 0 Å². The number of imidazole rings is 1. The van der Waals surface area contributed by atoms with Crippen molar-refractivity contribution in [3.05, 3.63) is 27.8 Å². The van der Waals surface area contributed by atoms with Crippen LogP contribution in [0.3, 0.4) is 0 Å². The number of aromatic amines is 2. The van der Waals surface area contributed by atoms with Crippen LogP contribution in [0, 0.1) is 10.7 Å². The molecule has 0 aliphatic heterocycles. The molecule has 0 fully saturated rings. The smallest absolute Gasteiger partial charge is 0.174 e. The average molecular weight is 222 g/mol. The second-order valence-electron chi connectivity index (χ2n) is 4.64. The number of aromatic nitrogens is 2. The Kier molecular flexibility index (Phi) is 3.10. The summed E-state index contributed by atoms with van der Waals surface area (Å²) in [5.41, 5.74) is 4.42. The van der Waals surface area contributed by atoms with Crippen LogP contribution in [0.4, 0.5) is 0 Å². The lowest BCUT2D eigenvalue weighted by molar-refractivity contribution is 0.448. The molecule has 1 heterocycles. The van der Waals surface area contributed by atoms with Crippen molar-refractivity contribution >= 4 is 12.2 Å². The van der Waals surface area contributed by atoms with Gasteiger partial charge in [0, 0.05) is 11.9 Å². The predicted molar refractivity (Wildman–Crippen MR) is 65.4 cm³/mol. The third-order valence-electron chi connectivity index (χ3n) is 3.41. The molecule has 2 rings (SSSR count). The molecular weight excluding hydrogens is 204 g/mol. The minimum Gasteiger partial charge on any atom is -0.337 e. The van der Waals surface area contributed by atoms with E-state index in [2.05, 4.69) is 23.8 Å². The Morgan fingerprint density at radius 3 is 2.80 bits per heavy atom. The van der Waals surface area contributed by atoms with Crippen LogP contribution >= 0.6 is 12.2 Å². The number of H-pyrrole nitrogens is 2. The van der Waals surface area contributed by atoms with Gasteiger partial charge in [-0.25, -0.2) is 0 Å². The fourth-order valence-electron chi connectivity index (χ4n) is 2.31. The summed E-state index contributed by atoms with van der Waals surface area (Å²) in [6, 6.07) is 0.